The van der Waals surface area contributed by atoms with Crippen LogP contribution in [-0.4, -0.2) is 55.4 Å². The average Bonchev–Trinajstić information content (AvgIpc) is 3.13. The van der Waals surface area contributed by atoms with Crippen LogP contribution in [0.3, 0.4) is 0 Å². The fraction of sp³-hybridized carbons (Fsp3) is 0.588. The SMILES string of the molecule is O=C1CN(C2CCCC2)[C@H]2CS(=O)(=O)C[C@@H]2N1c1cccc(Cl)c1. The summed E-state index contributed by atoms with van der Waals surface area (Å²) in [6.07, 6.45) is 4.45. The van der Waals surface area contributed by atoms with Crippen LogP contribution in [-0.2, 0) is 14.6 Å². The molecule has 2 saturated heterocycles. The standard InChI is InChI=1S/C17H21ClN2O3S/c18-12-4-3-7-14(8-12)20-16-11-24(22,23)10-15(16)19(9-17(20)21)13-5-1-2-6-13/h3-4,7-8,13,15-16H,1-2,5-6,9-11H2/t15-,16-/m0/s1. The first-order chi connectivity index (χ1) is 11.4. The number of fused-ring (bicyclic) bond motifs is 1. The first-order valence-corrected chi connectivity index (χ1v) is 10.7. The molecule has 0 aromatic heterocycles. The Morgan fingerprint density at radius 2 is 1.79 bits per heavy atom. The van der Waals surface area contributed by atoms with E-state index in [0.29, 0.717) is 23.3 Å². The Morgan fingerprint density at radius 3 is 2.50 bits per heavy atom. The van der Waals surface area contributed by atoms with Gasteiger partial charge in [0.15, 0.2) is 9.84 Å². The molecule has 1 aromatic rings. The maximum atomic E-state index is 12.9. The lowest BCUT2D eigenvalue weighted by Crippen LogP contribution is -2.64. The lowest BCUT2D eigenvalue weighted by molar-refractivity contribution is -0.124. The van der Waals surface area contributed by atoms with Crippen molar-refractivity contribution in [3.05, 3.63) is 29.3 Å². The Bertz CT molecular complexity index is 761. The lowest BCUT2D eigenvalue weighted by Gasteiger charge is -2.46. The second-order valence-electron chi connectivity index (χ2n) is 7.07. The molecule has 24 heavy (non-hydrogen) atoms. The molecule has 2 heterocycles. The largest absolute Gasteiger partial charge is 0.306 e. The second kappa shape index (κ2) is 6.00. The van der Waals surface area contributed by atoms with Gasteiger partial charge in [0, 0.05) is 22.8 Å². The van der Waals surface area contributed by atoms with Crippen molar-refractivity contribution in [3.8, 4) is 0 Å². The number of nitrogens with zero attached hydrogens (tertiary/aromatic N) is 2. The van der Waals surface area contributed by atoms with Crippen LogP contribution in [0.15, 0.2) is 24.3 Å². The van der Waals surface area contributed by atoms with Gasteiger partial charge in [-0.1, -0.05) is 30.5 Å². The fourth-order valence-corrected chi connectivity index (χ4v) is 6.65. The third-order valence-electron chi connectivity index (χ3n) is 5.52. The first kappa shape index (κ1) is 16.4. The molecule has 0 bridgehead atoms. The summed E-state index contributed by atoms with van der Waals surface area (Å²) in [7, 11) is -3.13. The van der Waals surface area contributed by atoms with E-state index in [1.54, 1.807) is 23.1 Å². The fourth-order valence-electron chi connectivity index (χ4n) is 4.51. The molecule has 1 aliphatic carbocycles. The van der Waals surface area contributed by atoms with Crippen molar-refractivity contribution in [1.29, 1.82) is 0 Å². The van der Waals surface area contributed by atoms with Gasteiger partial charge in [0.25, 0.3) is 0 Å². The van der Waals surface area contributed by atoms with Crippen molar-refractivity contribution in [2.75, 3.05) is 23.0 Å². The maximum Gasteiger partial charge on any atom is 0.241 e. The summed E-state index contributed by atoms with van der Waals surface area (Å²) in [6, 6.07) is 7.06. The van der Waals surface area contributed by atoms with Crippen LogP contribution in [0.2, 0.25) is 5.02 Å². The predicted octanol–water partition coefficient (Wildman–Crippen LogP) is 2.10. The molecule has 1 saturated carbocycles. The highest BCUT2D eigenvalue weighted by molar-refractivity contribution is 7.91. The molecule has 3 aliphatic rings. The number of halogens is 1. The average molecular weight is 369 g/mol. The van der Waals surface area contributed by atoms with Gasteiger partial charge < -0.3 is 4.90 Å². The molecular formula is C17H21ClN2O3S. The zero-order valence-corrected chi connectivity index (χ0v) is 15.0. The van der Waals surface area contributed by atoms with Gasteiger partial charge in [-0.3, -0.25) is 9.69 Å². The second-order valence-corrected chi connectivity index (χ2v) is 9.66. The Morgan fingerprint density at radius 1 is 1.08 bits per heavy atom. The summed E-state index contributed by atoms with van der Waals surface area (Å²) in [6.45, 7) is 0.299. The predicted molar refractivity (Wildman–Crippen MR) is 94.1 cm³/mol. The number of carbonyl (C=O) groups excluding carboxylic acids is 1. The highest BCUT2D eigenvalue weighted by atomic mass is 35.5. The van der Waals surface area contributed by atoms with E-state index >= 15 is 0 Å². The lowest BCUT2D eigenvalue weighted by atomic mass is 10.00. The summed E-state index contributed by atoms with van der Waals surface area (Å²) in [5.74, 6) is 0.167. The number of rotatable bonds is 2. The van der Waals surface area contributed by atoms with Gasteiger partial charge in [-0.05, 0) is 31.0 Å². The molecule has 130 valence electrons. The Kier molecular flexibility index (Phi) is 4.09. The molecular weight excluding hydrogens is 348 g/mol. The van der Waals surface area contributed by atoms with Crippen LogP contribution in [0.5, 0.6) is 0 Å². The van der Waals surface area contributed by atoms with Crippen molar-refractivity contribution in [2.24, 2.45) is 0 Å². The molecule has 1 aromatic carbocycles. The normalized spacial score (nSPS) is 30.7. The maximum absolute atomic E-state index is 12.9. The first-order valence-electron chi connectivity index (χ1n) is 8.48. The summed E-state index contributed by atoms with van der Waals surface area (Å²) in [4.78, 5) is 16.7. The summed E-state index contributed by atoms with van der Waals surface area (Å²) < 4.78 is 24.6. The van der Waals surface area contributed by atoms with E-state index in [2.05, 4.69) is 4.90 Å². The van der Waals surface area contributed by atoms with Crippen molar-refractivity contribution < 1.29 is 13.2 Å². The van der Waals surface area contributed by atoms with E-state index in [0.717, 1.165) is 25.7 Å². The molecule has 2 aliphatic heterocycles. The Balaban J connectivity index is 1.71. The molecule has 4 rings (SSSR count). The van der Waals surface area contributed by atoms with Crippen LogP contribution < -0.4 is 4.90 Å². The van der Waals surface area contributed by atoms with Crippen LogP contribution >= 0.6 is 11.6 Å². The highest BCUT2D eigenvalue weighted by Crippen LogP contribution is 2.36. The molecule has 3 fully saturated rings. The minimum atomic E-state index is -3.13. The van der Waals surface area contributed by atoms with Gasteiger partial charge in [0.2, 0.25) is 5.91 Å². The smallest absolute Gasteiger partial charge is 0.241 e. The zero-order valence-electron chi connectivity index (χ0n) is 13.4. The highest BCUT2D eigenvalue weighted by Gasteiger charge is 2.51. The van der Waals surface area contributed by atoms with Crippen LogP contribution in [0.25, 0.3) is 0 Å². The number of hydrogen-bond acceptors (Lipinski definition) is 4. The molecule has 0 unspecified atom stereocenters. The number of carbonyl (C=O) groups is 1. The number of hydrogen-bond donors (Lipinski definition) is 0. The molecule has 0 N–H and O–H groups in total. The Hall–Kier alpha value is -1.11. The van der Waals surface area contributed by atoms with E-state index < -0.39 is 9.84 Å². The topological polar surface area (TPSA) is 57.7 Å². The summed E-state index contributed by atoms with van der Waals surface area (Å²) >= 11 is 6.08. The molecule has 0 spiro atoms. The molecule has 1 amide bonds. The minimum Gasteiger partial charge on any atom is -0.306 e. The number of piperazine rings is 1. The van der Waals surface area contributed by atoms with E-state index in [4.69, 9.17) is 11.6 Å². The van der Waals surface area contributed by atoms with Gasteiger partial charge in [-0.25, -0.2) is 8.42 Å². The minimum absolute atomic E-state index is 0.0254. The molecule has 5 nitrogen and oxygen atoms in total. The van der Waals surface area contributed by atoms with Crippen molar-refractivity contribution >= 4 is 33.0 Å². The Labute approximate surface area is 147 Å². The number of anilines is 1. The van der Waals surface area contributed by atoms with E-state index in [1.807, 2.05) is 6.07 Å². The monoisotopic (exact) mass is 368 g/mol. The van der Waals surface area contributed by atoms with Gasteiger partial charge >= 0.3 is 0 Å². The van der Waals surface area contributed by atoms with Crippen molar-refractivity contribution in [2.45, 2.75) is 43.8 Å². The summed E-state index contributed by atoms with van der Waals surface area (Å²) in [5.41, 5.74) is 0.700. The third-order valence-corrected chi connectivity index (χ3v) is 7.45. The third kappa shape index (κ3) is 2.85. The van der Waals surface area contributed by atoms with Crippen LogP contribution in [0.1, 0.15) is 25.7 Å². The quantitative estimate of drug-likeness (QED) is 0.802. The zero-order chi connectivity index (χ0) is 16.9. The van der Waals surface area contributed by atoms with Crippen molar-refractivity contribution in [1.82, 2.24) is 4.90 Å². The van der Waals surface area contributed by atoms with Gasteiger partial charge in [-0.15, -0.1) is 0 Å². The van der Waals surface area contributed by atoms with Crippen LogP contribution in [0.4, 0.5) is 5.69 Å². The number of amides is 1. The van der Waals surface area contributed by atoms with E-state index in [9.17, 15) is 13.2 Å². The number of benzene rings is 1. The van der Waals surface area contributed by atoms with Gasteiger partial charge in [0.05, 0.1) is 24.1 Å². The van der Waals surface area contributed by atoms with Crippen LogP contribution in [0, 0.1) is 0 Å². The number of sulfone groups is 1. The van der Waals surface area contributed by atoms with Gasteiger partial charge in [-0.2, -0.15) is 0 Å². The molecule has 7 heteroatoms. The molecule has 2 atom stereocenters. The van der Waals surface area contributed by atoms with E-state index in [-0.39, 0.29) is 29.5 Å². The molecule has 0 radical (unpaired) electrons. The van der Waals surface area contributed by atoms with E-state index in [1.165, 1.54) is 0 Å². The van der Waals surface area contributed by atoms with Gasteiger partial charge in [0.1, 0.15) is 0 Å². The van der Waals surface area contributed by atoms with Crippen molar-refractivity contribution in [3.63, 3.8) is 0 Å². The summed E-state index contributed by atoms with van der Waals surface area (Å²) in [5, 5.41) is 0.552.